The molecule has 0 saturated carbocycles. The Labute approximate surface area is 261 Å². The molecule has 10 nitrogen and oxygen atoms in total. The Kier molecular flexibility index (Phi) is 13.2. The maximum atomic E-state index is 13.7. The van der Waals surface area contributed by atoms with Crippen LogP contribution in [0.2, 0.25) is 0 Å². The number of hydrogen-bond acceptors (Lipinski definition) is 5. The van der Waals surface area contributed by atoms with Crippen LogP contribution in [-0.2, 0) is 25.4 Å². The third-order valence-electron chi connectivity index (χ3n) is 6.88. The monoisotopic (exact) mass is 636 g/mol. The molecule has 238 valence electrons. The summed E-state index contributed by atoms with van der Waals surface area (Å²) < 4.78 is 27.3. The van der Waals surface area contributed by atoms with Crippen LogP contribution in [0.5, 0.6) is 0 Å². The predicted molar refractivity (Wildman–Crippen MR) is 171 cm³/mol. The van der Waals surface area contributed by atoms with Crippen molar-refractivity contribution in [1.29, 1.82) is 0 Å². The van der Waals surface area contributed by atoms with Gasteiger partial charge in [-0.3, -0.25) is 23.7 Å². The molecule has 0 aliphatic rings. The first-order valence-corrected chi connectivity index (χ1v) is 16.4. The SMILES string of the molecule is CCCC(NC(=O)CP(=O)(O)C(Cc1ccccc1)NC(=O)c1cccc(F)c1)C(=O)N[C@@H](CC=Cc1ccccc1)C(N)=O. The van der Waals surface area contributed by atoms with Gasteiger partial charge in [-0.2, -0.15) is 0 Å². The Balaban J connectivity index is 1.70. The van der Waals surface area contributed by atoms with Crippen LogP contribution in [0.15, 0.2) is 91.0 Å². The molecule has 12 heteroatoms. The highest BCUT2D eigenvalue weighted by Gasteiger charge is 2.36. The topological polar surface area (TPSA) is 168 Å². The van der Waals surface area contributed by atoms with E-state index >= 15 is 0 Å². The summed E-state index contributed by atoms with van der Waals surface area (Å²) in [6.45, 7) is 1.79. The van der Waals surface area contributed by atoms with Crippen molar-refractivity contribution in [3.05, 3.63) is 114 Å². The molecule has 0 spiro atoms. The summed E-state index contributed by atoms with van der Waals surface area (Å²) in [7, 11) is -4.46. The van der Waals surface area contributed by atoms with Crippen LogP contribution >= 0.6 is 7.37 Å². The Bertz CT molecular complexity index is 1540. The van der Waals surface area contributed by atoms with E-state index in [-0.39, 0.29) is 24.8 Å². The Morgan fingerprint density at radius 3 is 2.20 bits per heavy atom. The number of nitrogens with one attached hydrogen (secondary N) is 3. The van der Waals surface area contributed by atoms with Crippen molar-refractivity contribution in [2.45, 2.75) is 50.5 Å². The van der Waals surface area contributed by atoms with Crippen molar-refractivity contribution in [2.24, 2.45) is 5.73 Å². The predicted octanol–water partition coefficient (Wildman–Crippen LogP) is 3.75. The number of benzene rings is 3. The van der Waals surface area contributed by atoms with E-state index in [9.17, 15) is 33.0 Å². The van der Waals surface area contributed by atoms with E-state index in [0.29, 0.717) is 12.0 Å². The molecule has 3 aromatic carbocycles. The van der Waals surface area contributed by atoms with E-state index in [2.05, 4.69) is 16.0 Å². The maximum absolute atomic E-state index is 13.7. The molecule has 0 saturated heterocycles. The van der Waals surface area contributed by atoms with Gasteiger partial charge in [0.15, 0.2) is 0 Å². The number of rotatable bonds is 16. The Morgan fingerprint density at radius 2 is 1.58 bits per heavy atom. The van der Waals surface area contributed by atoms with E-state index < -0.39 is 60.8 Å². The molecular weight excluding hydrogens is 598 g/mol. The second-order valence-electron chi connectivity index (χ2n) is 10.5. The van der Waals surface area contributed by atoms with Gasteiger partial charge in [0.05, 0.1) is 0 Å². The minimum absolute atomic E-state index is 0.0557. The number of carbonyl (C=O) groups is 4. The molecule has 6 N–H and O–H groups in total. The first kappa shape index (κ1) is 34.9. The summed E-state index contributed by atoms with van der Waals surface area (Å²) in [5, 5.41) is 7.55. The molecule has 45 heavy (non-hydrogen) atoms. The minimum Gasteiger partial charge on any atom is -0.368 e. The number of amides is 4. The fourth-order valence-corrected chi connectivity index (χ4v) is 6.07. The Morgan fingerprint density at radius 1 is 0.911 bits per heavy atom. The van der Waals surface area contributed by atoms with Crippen molar-refractivity contribution in [2.75, 3.05) is 6.16 Å². The minimum atomic E-state index is -4.46. The van der Waals surface area contributed by atoms with Crippen molar-refractivity contribution < 1.29 is 33.0 Å². The lowest BCUT2D eigenvalue weighted by molar-refractivity contribution is -0.130. The van der Waals surface area contributed by atoms with Gasteiger partial charge >= 0.3 is 0 Å². The molecule has 4 atom stereocenters. The summed E-state index contributed by atoms with van der Waals surface area (Å²) in [5.74, 6) is -5.16. The highest BCUT2D eigenvalue weighted by molar-refractivity contribution is 7.59. The molecule has 3 aromatic rings. The van der Waals surface area contributed by atoms with Gasteiger partial charge in [0, 0.05) is 12.0 Å². The Hall–Kier alpha value is -4.60. The first-order valence-electron chi connectivity index (χ1n) is 14.5. The lowest BCUT2D eigenvalue weighted by Crippen LogP contribution is -2.53. The lowest BCUT2D eigenvalue weighted by atomic mass is 10.1. The molecule has 0 bridgehead atoms. The van der Waals surface area contributed by atoms with Crippen LogP contribution in [0.4, 0.5) is 4.39 Å². The van der Waals surface area contributed by atoms with Crippen molar-refractivity contribution in [3.8, 4) is 0 Å². The van der Waals surface area contributed by atoms with E-state index in [4.69, 9.17) is 5.73 Å². The molecular formula is C33H38FN4O6P. The van der Waals surface area contributed by atoms with Crippen molar-refractivity contribution in [1.82, 2.24) is 16.0 Å². The summed E-state index contributed by atoms with van der Waals surface area (Å²) in [6.07, 6.45) is 3.27. The number of carbonyl (C=O) groups excluding carboxylic acids is 4. The third kappa shape index (κ3) is 11.4. The fraction of sp³-hybridized carbons (Fsp3) is 0.273. The zero-order valence-corrected chi connectivity index (χ0v) is 25.8. The maximum Gasteiger partial charge on any atom is 0.252 e. The molecule has 3 rings (SSSR count). The molecule has 0 aliphatic carbocycles. The van der Waals surface area contributed by atoms with Crippen molar-refractivity contribution >= 4 is 37.1 Å². The second kappa shape index (κ2) is 17.0. The molecule has 3 unspecified atom stereocenters. The van der Waals surface area contributed by atoms with Gasteiger partial charge in [-0.05, 0) is 42.2 Å². The molecule has 0 fully saturated rings. The van der Waals surface area contributed by atoms with Crippen LogP contribution in [0.1, 0.15) is 47.7 Å². The van der Waals surface area contributed by atoms with E-state index in [0.717, 1.165) is 17.7 Å². The highest BCUT2D eigenvalue weighted by atomic mass is 31.2. The molecule has 0 radical (unpaired) electrons. The van der Waals surface area contributed by atoms with Crippen LogP contribution < -0.4 is 21.7 Å². The van der Waals surface area contributed by atoms with Gasteiger partial charge in [0.2, 0.25) is 25.1 Å². The van der Waals surface area contributed by atoms with E-state index in [1.807, 2.05) is 30.3 Å². The number of hydrogen-bond donors (Lipinski definition) is 5. The van der Waals surface area contributed by atoms with Crippen molar-refractivity contribution in [3.63, 3.8) is 0 Å². The van der Waals surface area contributed by atoms with Gasteiger partial charge in [0.25, 0.3) is 5.91 Å². The molecule has 0 heterocycles. The van der Waals surface area contributed by atoms with Crippen LogP contribution in [0.25, 0.3) is 6.08 Å². The summed E-state index contributed by atoms with van der Waals surface area (Å²) in [6, 6.07) is 20.6. The van der Waals surface area contributed by atoms with E-state index in [1.54, 1.807) is 49.4 Å². The third-order valence-corrected chi connectivity index (χ3v) is 8.91. The van der Waals surface area contributed by atoms with Crippen LogP contribution in [-0.4, -0.2) is 52.6 Å². The molecule has 0 aromatic heterocycles. The van der Waals surface area contributed by atoms with Gasteiger partial charge in [-0.25, -0.2) is 4.39 Å². The quantitative estimate of drug-likeness (QED) is 0.150. The molecule has 4 amide bonds. The van der Waals surface area contributed by atoms with Crippen LogP contribution in [0, 0.1) is 5.82 Å². The van der Waals surface area contributed by atoms with Crippen LogP contribution in [0.3, 0.4) is 0 Å². The standard InChI is InChI=1S/C33H38FN4O6P/c1-2-11-28(33(42)37-27(31(35)40)19-9-16-23-12-5-3-6-13-23)36-29(39)22-45(43,44)30(20-24-14-7-4-8-15-24)38-32(41)25-17-10-18-26(34)21-25/h3-10,12-18,21,27-28,30H,2,11,19-20,22H2,1H3,(H2,35,40)(H,36,39)(H,37,42)(H,38,41)(H,43,44)/t27-,28?,30?/m0/s1. The zero-order chi connectivity index (χ0) is 32.8. The number of nitrogens with two attached hydrogens (primary N) is 1. The normalized spacial score (nSPS) is 14.5. The number of halogens is 1. The fourth-order valence-electron chi connectivity index (χ4n) is 4.53. The summed E-state index contributed by atoms with van der Waals surface area (Å²) in [4.78, 5) is 62.2. The average molecular weight is 637 g/mol. The zero-order valence-electron chi connectivity index (χ0n) is 24.9. The van der Waals surface area contributed by atoms with Gasteiger partial charge in [-0.1, -0.05) is 92.2 Å². The lowest BCUT2D eigenvalue weighted by Gasteiger charge is -2.26. The van der Waals surface area contributed by atoms with Gasteiger partial charge in [-0.15, -0.1) is 0 Å². The summed E-state index contributed by atoms with van der Waals surface area (Å²) >= 11 is 0. The number of primary amides is 1. The highest BCUT2D eigenvalue weighted by Crippen LogP contribution is 2.46. The summed E-state index contributed by atoms with van der Waals surface area (Å²) in [5.41, 5.74) is 6.98. The second-order valence-corrected chi connectivity index (χ2v) is 13.0. The largest absolute Gasteiger partial charge is 0.368 e. The van der Waals surface area contributed by atoms with E-state index in [1.165, 1.54) is 12.1 Å². The smallest absolute Gasteiger partial charge is 0.252 e. The van der Waals surface area contributed by atoms with Gasteiger partial charge in [0.1, 0.15) is 29.8 Å². The first-order chi connectivity index (χ1) is 21.5. The van der Waals surface area contributed by atoms with Gasteiger partial charge < -0.3 is 26.6 Å². The molecule has 0 aliphatic heterocycles. The average Bonchev–Trinajstić information content (AvgIpc) is 3.00.